The molecule has 1 saturated heterocycles. The van der Waals surface area contributed by atoms with Crippen LogP contribution in [0.15, 0.2) is 83.3 Å². The summed E-state index contributed by atoms with van der Waals surface area (Å²) in [4.78, 5) is 20.0. The predicted octanol–water partition coefficient (Wildman–Crippen LogP) is 5.64. The summed E-state index contributed by atoms with van der Waals surface area (Å²) in [6.45, 7) is 2.53. The molecule has 1 aliphatic heterocycles. The van der Waals surface area contributed by atoms with Gasteiger partial charge < -0.3 is 5.32 Å². The van der Waals surface area contributed by atoms with E-state index in [0.29, 0.717) is 0 Å². The zero-order valence-electron chi connectivity index (χ0n) is 17.7. The van der Waals surface area contributed by atoms with E-state index in [1.165, 1.54) is 0 Å². The molecule has 6 heteroatoms. The topological polar surface area (TPSA) is 50.2 Å². The van der Waals surface area contributed by atoms with Gasteiger partial charge in [0.2, 0.25) is 5.91 Å². The van der Waals surface area contributed by atoms with Gasteiger partial charge in [-0.3, -0.25) is 14.3 Å². The molecule has 1 aromatic heterocycles. The standard InChI is InChI=1S/C26H25BrN4O/c27-20-10-12-22(13-11-20)31-24-9-5-4-8-23(24)29-25(31)18-30-16-14-19(15-17-30)26(32)28-21-6-2-1-3-7-21/h1-13,19H,14-18H2,(H,28,32). The Kier molecular flexibility index (Phi) is 6.06. The number of hydrogen-bond donors (Lipinski definition) is 1. The Balaban J connectivity index is 1.30. The number of carbonyl (C=O) groups excluding carboxylic acids is 1. The van der Waals surface area contributed by atoms with Crippen LogP contribution >= 0.6 is 15.9 Å². The lowest BCUT2D eigenvalue weighted by Crippen LogP contribution is -2.38. The van der Waals surface area contributed by atoms with Crippen molar-refractivity contribution in [2.45, 2.75) is 19.4 Å². The Hall–Kier alpha value is -2.96. The maximum absolute atomic E-state index is 12.7. The lowest BCUT2D eigenvalue weighted by atomic mass is 9.96. The summed E-state index contributed by atoms with van der Waals surface area (Å²) < 4.78 is 3.30. The number of aromatic nitrogens is 2. The first-order chi connectivity index (χ1) is 15.7. The van der Waals surface area contributed by atoms with Gasteiger partial charge in [-0.15, -0.1) is 0 Å². The Labute approximate surface area is 196 Å². The Bertz CT molecular complexity index is 1210. The zero-order chi connectivity index (χ0) is 21.9. The minimum absolute atomic E-state index is 0.0525. The average Bonchev–Trinajstić information content (AvgIpc) is 3.18. The third-order valence-electron chi connectivity index (χ3n) is 6.08. The van der Waals surface area contributed by atoms with Crippen molar-refractivity contribution < 1.29 is 4.79 Å². The lowest BCUT2D eigenvalue weighted by molar-refractivity contribution is -0.121. The number of carbonyl (C=O) groups is 1. The number of benzene rings is 3. The third kappa shape index (κ3) is 4.47. The van der Waals surface area contributed by atoms with Crippen molar-refractivity contribution >= 4 is 38.6 Å². The number of amides is 1. The normalized spacial score (nSPS) is 15.2. The molecule has 0 unspecified atom stereocenters. The number of anilines is 1. The number of fused-ring (bicyclic) bond motifs is 1. The fraction of sp³-hybridized carbons (Fsp3) is 0.231. The molecular formula is C26H25BrN4O. The van der Waals surface area contributed by atoms with Crippen LogP contribution in [0.2, 0.25) is 0 Å². The first kappa shape index (κ1) is 20.9. The second kappa shape index (κ2) is 9.27. The summed E-state index contributed by atoms with van der Waals surface area (Å²) in [6.07, 6.45) is 1.72. The maximum atomic E-state index is 12.7. The van der Waals surface area contributed by atoms with Gasteiger partial charge >= 0.3 is 0 Å². The van der Waals surface area contributed by atoms with Crippen LogP contribution in [-0.4, -0.2) is 33.4 Å². The molecule has 0 radical (unpaired) electrons. The first-order valence-corrected chi connectivity index (χ1v) is 11.8. The van der Waals surface area contributed by atoms with E-state index in [9.17, 15) is 4.79 Å². The SMILES string of the molecule is O=C(Nc1ccccc1)C1CCN(Cc2nc3ccccc3n2-c2ccc(Br)cc2)CC1. The van der Waals surface area contributed by atoms with Crippen molar-refractivity contribution in [1.29, 1.82) is 0 Å². The fourth-order valence-electron chi connectivity index (χ4n) is 4.38. The van der Waals surface area contributed by atoms with Gasteiger partial charge in [0.05, 0.1) is 17.6 Å². The van der Waals surface area contributed by atoms with Gasteiger partial charge in [0.15, 0.2) is 0 Å². The number of piperidine rings is 1. The van der Waals surface area contributed by atoms with Crippen molar-refractivity contribution in [3.63, 3.8) is 0 Å². The van der Waals surface area contributed by atoms with Gasteiger partial charge in [-0.1, -0.05) is 46.3 Å². The number of rotatable bonds is 5. The summed E-state index contributed by atoms with van der Waals surface area (Å²) in [5.41, 5.74) is 4.08. The van der Waals surface area contributed by atoms with E-state index in [4.69, 9.17) is 4.98 Å². The summed E-state index contributed by atoms with van der Waals surface area (Å²) in [5, 5.41) is 3.05. The molecule has 0 saturated carbocycles. The first-order valence-electron chi connectivity index (χ1n) is 11.0. The summed E-state index contributed by atoms with van der Waals surface area (Å²) in [5.74, 6) is 1.20. The van der Waals surface area contributed by atoms with Crippen molar-refractivity contribution in [3.8, 4) is 5.69 Å². The number of halogens is 1. The van der Waals surface area contributed by atoms with Crippen molar-refractivity contribution in [2.24, 2.45) is 5.92 Å². The van der Waals surface area contributed by atoms with E-state index in [1.54, 1.807) is 0 Å². The van der Waals surface area contributed by atoms with E-state index in [-0.39, 0.29) is 11.8 Å². The smallest absolute Gasteiger partial charge is 0.227 e. The predicted molar refractivity (Wildman–Crippen MR) is 132 cm³/mol. The highest BCUT2D eigenvalue weighted by atomic mass is 79.9. The van der Waals surface area contributed by atoms with Crippen LogP contribution in [-0.2, 0) is 11.3 Å². The highest BCUT2D eigenvalue weighted by molar-refractivity contribution is 9.10. The number of likely N-dealkylation sites (tertiary alicyclic amines) is 1. The van der Waals surface area contributed by atoms with E-state index in [1.807, 2.05) is 36.4 Å². The molecule has 2 heterocycles. The van der Waals surface area contributed by atoms with Crippen LogP contribution < -0.4 is 5.32 Å². The third-order valence-corrected chi connectivity index (χ3v) is 6.61. The van der Waals surface area contributed by atoms with Gasteiger partial charge in [-0.05, 0) is 74.5 Å². The molecule has 1 aliphatic rings. The number of nitrogens with one attached hydrogen (secondary N) is 1. The quantitative estimate of drug-likeness (QED) is 0.395. The second-order valence-corrected chi connectivity index (χ2v) is 9.15. The minimum Gasteiger partial charge on any atom is -0.326 e. The highest BCUT2D eigenvalue weighted by Gasteiger charge is 2.26. The van der Waals surface area contributed by atoms with E-state index < -0.39 is 0 Å². The van der Waals surface area contributed by atoms with E-state index in [2.05, 4.69) is 73.2 Å². The van der Waals surface area contributed by atoms with Crippen LogP contribution in [0.5, 0.6) is 0 Å². The average molecular weight is 489 g/mol. The molecule has 32 heavy (non-hydrogen) atoms. The molecule has 0 atom stereocenters. The Morgan fingerprint density at radius 2 is 1.62 bits per heavy atom. The molecule has 0 bridgehead atoms. The molecule has 1 amide bonds. The number of hydrogen-bond acceptors (Lipinski definition) is 3. The number of imidazole rings is 1. The molecule has 0 spiro atoms. The molecule has 162 valence electrons. The Morgan fingerprint density at radius 1 is 0.938 bits per heavy atom. The van der Waals surface area contributed by atoms with E-state index in [0.717, 1.165) is 65.2 Å². The van der Waals surface area contributed by atoms with Gasteiger partial charge in [0.25, 0.3) is 0 Å². The van der Waals surface area contributed by atoms with Crippen molar-refractivity contribution in [3.05, 3.63) is 89.2 Å². The van der Waals surface area contributed by atoms with Crippen LogP contribution in [0.25, 0.3) is 16.7 Å². The van der Waals surface area contributed by atoms with Crippen molar-refractivity contribution in [2.75, 3.05) is 18.4 Å². The van der Waals surface area contributed by atoms with E-state index >= 15 is 0 Å². The zero-order valence-corrected chi connectivity index (χ0v) is 19.3. The van der Waals surface area contributed by atoms with Crippen LogP contribution in [0, 0.1) is 5.92 Å². The molecule has 5 rings (SSSR count). The van der Waals surface area contributed by atoms with Gasteiger partial charge in [-0.2, -0.15) is 0 Å². The molecule has 1 N–H and O–H groups in total. The molecule has 4 aromatic rings. The maximum Gasteiger partial charge on any atom is 0.227 e. The molecular weight excluding hydrogens is 464 g/mol. The number of para-hydroxylation sites is 3. The molecule has 3 aromatic carbocycles. The van der Waals surface area contributed by atoms with Gasteiger partial charge in [-0.25, -0.2) is 4.98 Å². The summed E-state index contributed by atoms with van der Waals surface area (Å²) in [7, 11) is 0. The van der Waals surface area contributed by atoms with Gasteiger partial charge in [0, 0.05) is 21.8 Å². The van der Waals surface area contributed by atoms with Gasteiger partial charge in [0.1, 0.15) is 5.82 Å². The fourth-order valence-corrected chi connectivity index (χ4v) is 4.64. The second-order valence-electron chi connectivity index (χ2n) is 8.23. The largest absolute Gasteiger partial charge is 0.326 e. The molecule has 5 nitrogen and oxygen atoms in total. The summed E-state index contributed by atoms with van der Waals surface area (Å²) in [6, 6.07) is 26.3. The van der Waals surface area contributed by atoms with Crippen LogP contribution in [0.4, 0.5) is 5.69 Å². The monoisotopic (exact) mass is 488 g/mol. The molecule has 0 aliphatic carbocycles. The lowest BCUT2D eigenvalue weighted by Gasteiger charge is -2.31. The number of nitrogens with zero attached hydrogens (tertiary/aromatic N) is 3. The van der Waals surface area contributed by atoms with Crippen molar-refractivity contribution in [1.82, 2.24) is 14.5 Å². The van der Waals surface area contributed by atoms with Crippen LogP contribution in [0.1, 0.15) is 18.7 Å². The highest BCUT2D eigenvalue weighted by Crippen LogP contribution is 2.26. The molecule has 1 fully saturated rings. The minimum atomic E-state index is 0.0525. The summed E-state index contributed by atoms with van der Waals surface area (Å²) >= 11 is 3.53. The van der Waals surface area contributed by atoms with Crippen LogP contribution in [0.3, 0.4) is 0 Å². The Morgan fingerprint density at radius 3 is 2.38 bits per heavy atom.